The van der Waals surface area contributed by atoms with E-state index in [-0.39, 0.29) is 5.41 Å². The van der Waals surface area contributed by atoms with E-state index in [9.17, 15) is 0 Å². The number of nitrogens with zero attached hydrogens (tertiary/aromatic N) is 1. The molecule has 0 saturated heterocycles. The summed E-state index contributed by atoms with van der Waals surface area (Å²) in [6.45, 7) is 4.71. The fourth-order valence-electron chi connectivity index (χ4n) is 10.5. The minimum absolute atomic E-state index is 0.0581. The van der Waals surface area contributed by atoms with Gasteiger partial charge in [0.15, 0.2) is 0 Å². The summed E-state index contributed by atoms with van der Waals surface area (Å²) in [5.74, 6) is 0. The normalized spacial score (nSPS) is 12.8. The molecule has 62 heavy (non-hydrogen) atoms. The van der Waals surface area contributed by atoms with Crippen LogP contribution in [0.25, 0.3) is 105 Å². The van der Waals surface area contributed by atoms with E-state index in [0.717, 1.165) is 5.69 Å². The number of hydrogen-bond donors (Lipinski definition) is 0. The fourth-order valence-corrected chi connectivity index (χ4v) is 10.5. The largest absolute Gasteiger partial charge is 0.309 e. The average molecular weight is 790 g/mol. The van der Waals surface area contributed by atoms with E-state index in [4.69, 9.17) is 0 Å². The highest BCUT2D eigenvalue weighted by atomic mass is 15.0. The molecule has 0 aliphatic heterocycles. The summed E-state index contributed by atoms with van der Waals surface area (Å²) in [6.07, 6.45) is 0. The van der Waals surface area contributed by atoms with Crippen LogP contribution in [0.3, 0.4) is 0 Å². The predicted octanol–water partition coefficient (Wildman–Crippen LogP) is 16.6. The summed E-state index contributed by atoms with van der Waals surface area (Å²) in [5.41, 5.74) is 19.9. The maximum Gasteiger partial charge on any atom is 0.0619 e. The minimum atomic E-state index is -0.0581. The number of fused-ring (bicyclic) bond motifs is 6. The van der Waals surface area contributed by atoms with Crippen molar-refractivity contribution in [3.05, 3.63) is 236 Å². The number of hydrogen-bond acceptors (Lipinski definition) is 0. The molecule has 1 heterocycles. The van der Waals surface area contributed by atoms with Crippen molar-refractivity contribution in [2.24, 2.45) is 0 Å². The lowest BCUT2D eigenvalue weighted by molar-refractivity contribution is 0.660. The van der Waals surface area contributed by atoms with Gasteiger partial charge in [-0.1, -0.05) is 208 Å². The van der Waals surface area contributed by atoms with Crippen LogP contribution in [0.1, 0.15) is 25.0 Å². The summed E-state index contributed by atoms with van der Waals surface area (Å²) < 4.78 is 2.52. The summed E-state index contributed by atoms with van der Waals surface area (Å²) in [4.78, 5) is 0. The first-order valence-corrected chi connectivity index (χ1v) is 21.7. The van der Waals surface area contributed by atoms with Gasteiger partial charge in [-0.3, -0.25) is 0 Å². The van der Waals surface area contributed by atoms with Crippen LogP contribution in [0.15, 0.2) is 224 Å². The zero-order valence-corrected chi connectivity index (χ0v) is 34.8. The molecule has 0 bridgehead atoms. The van der Waals surface area contributed by atoms with E-state index in [1.807, 2.05) is 0 Å². The van der Waals surface area contributed by atoms with Crippen LogP contribution >= 0.6 is 0 Å². The summed E-state index contributed by atoms with van der Waals surface area (Å²) in [5, 5.41) is 6.20. The van der Waals surface area contributed by atoms with E-state index in [1.54, 1.807) is 0 Å². The number of rotatable bonds is 6. The third-order valence-corrected chi connectivity index (χ3v) is 13.4. The summed E-state index contributed by atoms with van der Waals surface area (Å²) in [6, 6.07) is 82.9. The minimum Gasteiger partial charge on any atom is -0.309 e. The zero-order chi connectivity index (χ0) is 41.4. The number of benzene rings is 10. The lowest BCUT2D eigenvalue weighted by Crippen LogP contribution is -2.14. The van der Waals surface area contributed by atoms with Gasteiger partial charge in [-0.25, -0.2) is 0 Å². The Labute approximate surface area is 362 Å². The highest BCUT2D eigenvalue weighted by Crippen LogP contribution is 2.51. The molecule has 1 nitrogen and oxygen atoms in total. The van der Waals surface area contributed by atoms with Crippen molar-refractivity contribution in [3.8, 4) is 72.6 Å². The topological polar surface area (TPSA) is 4.93 Å². The van der Waals surface area contributed by atoms with Crippen molar-refractivity contribution in [1.82, 2.24) is 4.57 Å². The molecule has 0 N–H and O–H groups in total. The van der Waals surface area contributed by atoms with Gasteiger partial charge in [0, 0.05) is 22.1 Å². The van der Waals surface area contributed by atoms with Gasteiger partial charge in [0.05, 0.1) is 11.2 Å². The Morgan fingerprint density at radius 2 is 0.774 bits per heavy atom. The van der Waals surface area contributed by atoms with Gasteiger partial charge in [-0.15, -0.1) is 0 Å². The molecule has 0 amide bonds. The van der Waals surface area contributed by atoms with Crippen molar-refractivity contribution in [1.29, 1.82) is 0 Å². The van der Waals surface area contributed by atoms with Gasteiger partial charge in [0.2, 0.25) is 0 Å². The van der Waals surface area contributed by atoms with E-state index >= 15 is 0 Å². The molecule has 0 fully saturated rings. The highest BCUT2D eigenvalue weighted by molar-refractivity contribution is 6.25. The molecule has 1 aliphatic rings. The Bertz CT molecular complexity index is 3490. The van der Waals surface area contributed by atoms with Gasteiger partial charge in [-0.2, -0.15) is 0 Å². The molecular weight excluding hydrogens is 747 g/mol. The second kappa shape index (κ2) is 14.2. The van der Waals surface area contributed by atoms with Crippen molar-refractivity contribution in [2.75, 3.05) is 0 Å². The zero-order valence-electron chi connectivity index (χ0n) is 34.8. The molecule has 1 aliphatic carbocycles. The molecular formula is C61H43N. The lowest BCUT2D eigenvalue weighted by Gasteiger charge is -2.22. The molecule has 0 spiro atoms. The maximum atomic E-state index is 2.52. The molecule has 1 heteroatoms. The van der Waals surface area contributed by atoms with Crippen LogP contribution in [0.2, 0.25) is 0 Å². The van der Waals surface area contributed by atoms with Crippen molar-refractivity contribution >= 4 is 32.4 Å². The number of aromatic nitrogens is 1. The Morgan fingerprint density at radius 1 is 0.306 bits per heavy atom. The van der Waals surface area contributed by atoms with E-state index in [1.165, 1.54) is 110 Å². The Morgan fingerprint density at radius 3 is 1.37 bits per heavy atom. The third-order valence-electron chi connectivity index (χ3n) is 13.4. The van der Waals surface area contributed by atoms with Crippen LogP contribution in [-0.4, -0.2) is 4.57 Å². The smallest absolute Gasteiger partial charge is 0.0619 e. The molecule has 292 valence electrons. The Hall–Kier alpha value is -7.74. The van der Waals surface area contributed by atoms with Gasteiger partial charge in [0.25, 0.3) is 0 Å². The third kappa shape index (κ3) is 5.55. The maximum absolute atomic E-state index is 2.52. The second-order valence-electron chi connectivity index (χ2n) is 17.2. The molecule has 11 aromatic rings. The molecule has 0 radical (unpaired) electrons. The van der Waals surface area contributed by atoms with Crippen molar-refractivity contribution in [3.63, 3.8) is 0 Å². The van der Waals surface area contributed by atoms with Crippen molar-refractivity contribution < 1.29 is 0 Å². The molecule has 0 unspecified atom stereocenters. The first-order valence-electron chi connectivity index (χ1n) is 21.7. The summed E-state index contributed by atoms with van der Waals surface area (Å²) in [7, 11) is 0. The second-order valence-corrected chi connectivity index (χ2v) is 17.2. The van der Waals surface area contributed by atoms with Gasteiger partial charge in [-0.05, 0) is 119 Å². The average Bonchev–Trinajstić information content (AvgIpc) is 3.79. The Kier molecular flexibility index (Phi) is 8.27. The van der Waals surface area contributed by atoms with Gasteiger partial charge < -0.3 is 4.57 Å². The molecule has 1 aromatic heterocycles. The van der Waals surface area contributed by atoms with Crippen LogP contribution in [0, 0.1) is 0 Å². The monoisotopic (exact) mass is 789 g/mol. The van der Waals surface area contributed by atoms with E-state index in [0.29, 0.717) is 0 Å². The predicted molar refractivity (Wildman–Crippen MR) is 263 cm³/mol. The van der Waals surface area contributed by atoms with Crippen molar-refractivity contribution in [2.45, 2.75) is 19.3 Å². The fraction of sp³-hybridized carbons (Fsp3) is 0.0492. The lowest BCUT2D eigenvalue weighted by atomic mass is 9.81. The SMILES string of the molecule is CC1(C)c2ccccc2-c2ccc(-c3ccc(-n4c(-c5ccccc5)c(-c5ccccc5)c5cc6c(-c7ccccc7)c7ccccc7c(-c7ccccc7)c6cc54)cc3)cc21. The quantitative estimate of drug-likeness (QED) is 0.148. The van der Waals surface area contributed by atoms with E-state index in [2.05, 4.69) is 243 Å². The molecule has 0 atom stereocenters. The first kappa shape index (κ1) is 36.1. The van der Waals surface area contributed by atoms with Crippen LogP contribution in [-0.2, 0) is 5.41 Å². The Balaban J connectivity index is 1.16. The highest BCUT2D eigenvalue weighted by Gasteiger charge is 2.35. The van der Waals surface area contributed by atoms with E-state index < -0.39 is 0 Å². The summed E-state index contributed by atoms with van der Waals surface area (Å²) >= 11 is 0. The standard InChI is InChI=1S/C61H43N/c1-61(2)54-30-18-17-27-47(54)48-36-33-45(37-55(48)61)40-31-34-46(35-32-40)62-56-39-52-51(38-53(56)59(43-23-11-5-12-24-43)60(62)44-25-13-6-14-26-44)57(41-19-7-3-8-20-41)49-28-15-16-29-50(49)58(52)42-21-9-4-10-22-42/h3-39H,1-2H3. The first-order chi connectivity index (χ1) is 30.5. The molecule has 10 aromatic carbocycles. The molecule has 0 saturated carbocycles. The van der Waals surface area contributed by atoms with Crippen LogP contribution < -0.4 is 0 Å². The van der Waals surface area contributed by atoms with Gasteiger partial charge >= 0.3 is 0 Å². The van der Waals surface area contributed by atoms with Gasteiger partial charge in [0.1, 0.15) is 0 Å². The van der Waals surface area contributed by atoms with Crippen LogP contribution in [0.4, 0.5) is 0 Å². The molecule has 12 rings (SSSR count). The van der Waals surface area contributed by atoms with Crippen LogP contribution in [0.5, 0.6) is 0 Å².